The Labute approximate surface area is 180 Å². The molecule has 0 spiro atoms. The Balaban J connectivity index is 0.00000364. The van der Waals surface area contributed by atoms with Crippen molar-refractivity contribution in [3.05, 3.63) is 0 Å². The predicted molar refractivity (Wildman–Crippen MR) is 118 cm³/mol. The fraction of sp³-hybridized carbons (Fsp3) is 0.833. The van der Waals surface area contributed by atoms with Crippen molar-refractivity contribution in [2.45, 2.75) is 45.7 Å². The van der Waals surface area contributed by atoms with Crippen LogP contribution < -0.4 is 10.6 Å². The third kappa shape index (κ3) is 7.10. The second-order valence-electron chi connectivity index (χ2n) is 7.35. The molecular weight excluding hydrogens is 459 g/mol. The smallest absolute Gasteiger partial charge is 0.239 e. The number of guanidine groups is 1. The second kappa shape index (κ2) is 11.7. The number of hydrogen-bond acceptors (Lipinski definition) is 4. The lowest BCUT2D eigenvalue weighted by atomic mass is 10.2. The first-order chi connectivity index (χ1) is 12.4. The van der Waals surface area contributed by atoms with E-state index in [4.69, 9.17) is 0 Å². The predicted octanol–water partition coefficient (Wildman–Crippen LogP) is 0.333. The zero-order chi connectivity index (χ0) is 19.1. The topological polar surface area (TPSA) is 80.3 Å². The number of nitrogens with zero attached hydrogens (tertiary/aromatic N) is 4. The average Bonchev–Trinajstić information content (AvgIpc) is 3.15. The highest BCUT2D eigenvalue weighted by molar-refractivity contribution is 14.0. The number of rotatable bonds is 5. The normalized spacial score (nSPS) is 19.7. The van der Waals surface area contributed by atoms with E-state index < -0.39 is 0 Å². The van der Waals surface area contributed by atoms with Gasteiger partial charge in [0, 0.05) is 52.4 Å². The van der Waals surface area contributed by atoms with Gasteiger partial charge >= 0.3 is 0 Å². The first-order valence-electron chi connectivity index (χ1n) is 9.70. The average molecular weight is 494 g/mol. The van der Waals surface area contributed by atoms with E-state index in [0.29, 0.717) is 0 Å². The van der Waals surface area contributed by atoms with Gasteiger partial charge in [-0.15, -0.1) is 24.0 Å². The molecule has 0 saturated carbocycles. The number of piperazine rings is 1. The van der Waals surface area contributed by atoms with Gasteiger partial charge in [-0.2, -0.15) is 0 Å². The highest BCUT2D eigenvalue weighted by atomic mass is 127. The lowest BCUT2D eigenvalue weighted by molar-refractivity contribution is -0.135. The van der Waals surface area contributed by atoms with Crippen LogP contribution in [0.4, 0.5) is 0 Å². The summed E-state index contributed by atoms with van der Waals surface area (Å²) in [6.45, 7) is 11.1. The van der Waals surface area contributed by atoms with Gasteiger partial charge in [0.05, 0.1) is 12.6 Å². The summed E-state index contributed by atoms with van der Waals surface area (Å²) in [4.78, 5) is 35.0. The molecule has 2 fully saturated rings. The summed E-state index contributed by atoms with van der Waals surface area (Å²) in [5.41, 5.74) is 0. The Morgan fingerprint density at radius 3 is 2.07 bits per heavy atom. The minimum atomic E-state index is -0.0676. The molecule has 2 amide bonds. The maximum atomic E-state index is 12.6. The van der Waals surface area contributed by atoms with Gasteiger partial charge in [-0.3, -0.25) is 19.5 Å². The minimum Gasteiger partial charge on any atom is -0.352 e. The van der Waals surface area contributed by atoms with E-state index in [1.54, 1.807) is 7.05 Å². The first-order valence-corrected chi connectivity index (χ1v) is 9.70. The molecule has 2 heterocycles. The van der Waals surface area contributed by atoms with Crippen LogP contribution in [-0.2, 0) is 9.59 Å². The van der Waals surface area contributed by atoms with Crippen LogP contribution in [0.1, 0.15) is 33.6 Å². The van der Waals surface area contributed by atoms with Crippen molar-refractivity contribution >= 4 is 41.8 Å². The number of carbonyl (C=O) groups is 2. The Bertz CT molecular complexity index is 514. The van der Waals surface area contributed by atoms with Crippen molar-refractivity contribution in [3.63, 3.8) is 0 Å². The van der Waals surface area contributed by atoms with E-state index in [1.165, 1.54) is 0 Å². The number of amides is 2. The van der Waals surface area contributed by atoms with Crippen molar-refractivity contribution < 1.29 is 9.59 Å². The van der Waals surface area contributed by atoms with Gasteiger partial charge in [-0.1, -0.05) is 0 Å². The van der Waals surface area contributed by atoms with Crippen LogP contribution in [-0.4, -0.2) is 97.4 Å². The molecule has 0 aromatic rings. The molecule has 0 bridgehead atoms. The Morgan fingerprint density at radius 2 is 1.56 bits per heavy atom. The van der Waals surface area contributed by atoms with Crippen LogP contribution in [0.5, 0.6) is 0 Å². The van der Waals surface area contributed by atoms with Gasteiger partial charge in [0.25, 0.3) is 0 Å². The largest absolute Gasteiger partial charge is 0.352 e. The van der Waals surface area contributed by atoms with E-state index in [1.807, 2.05) is 25.7 Å². The molecule has 27 heavy (non-hydrogen) atoms. The van der Waals surface area contributed by atoms with Crippen LogP contribution in [0, 0.1) is 0 Å². The highest BCUT2D eigenvalue weighted by Gasteiger charge is 2.30. The monoisotopic (exact) mass is 494 g/mol. The van der Waals surface area contributed by atoms with E-state index in [0.717, 1.165) is 58.1 Å². The minimum absolute atomic E-state index is 0. The van der Waals surface area contributed by atoms with E-state index >= 15 is 0 Å². The molecule has 2 rings (SSSR count). The third-order valence-corrected chi connectivity index (χ3v) is 5.01. The van der Waals surface area contributed by atoms with E-state index in [9.17, 15) is 9.59 Å². The fourth-order valence-corrected chi connectivity index (χ4v) is 3.54. The Kier molecular flexibility index (Phi) is 10.4. The summed E-state index contributed by atoms with van der Waals surface area (Å²) >= 11 is 0. The second-order valence-corrected chi connectivity index (χ2v) is 7.35. The van der Waals surface area contributed by atoms with Crippen molar-refractivity contribution in [2.75, 3.05) is 52.9 Å². The summed E-state index contributed by atoms with van der Waals surface area (Å²) < 4.78 is 0. The van der Waals surface area contributed by atoms with Gasteiger partial charge in [-0.05, 0) is 33.6 Å². The van der Waals surface area contributed by atoms with Gasteiger partial charge < -0.3 is 20.4 Å². The molecule has 0 radical (unpaired) electrons. The van der Waals surface area contributed by atoms with Crippen LogP contribution in [0.15, 0.2) is 4.99 Å². The molecule has 2 saturated heterocycles. The molecule has 1 unspecified atom stereocenters. The van der Waals surface area contributed by atoms with Crippen molar-refractivity contribution in [3.8, 4) is 0 Å². The summed E-state index contributed by atoms with van der Waals surface area (Å²) in [6.07, 6.45) is 2.25. The molecule has 0 aromatic carbocycles. The maximum Gasteiger partial charge on any atom is 0.239 e. The lowest BCUT2D eigenvalue weighted by Crippen LogP contribution is -2.57. The summed E-state index contributed by atoms with van der Waals surface area (Å²) in [5.74, 6) is 0.954. The number of halogens is 1. The molecule has 8 nitrogen and oxygen atoms in total. The van der Waals surface area contributed by atoms with Crippen molar-refractivity contribution in [1.29, 1.82) is 0 Å². The van der Waals surface area contributed by atoms with Gasteiger partial charge in [-0.25, -0.2) is 0 Å². The van der Waals surface area contributed by atoms with Crippen LogP contribution in [0.25, 0.3) is 0 Å². The van der Waals surface area contributed by atoms with Crippen molar-refractivity contribution in [2.24, 2.45) is 4.99 Å². The first kappa shape index (κ1) is 23.9. The van der Waals surface area contributed by atoms with Crippen LogP contribution in [0.2, 0.25) is 0 Å². The number of carbonyl (C=O) groups excluding carboxylic acids is 2. The number of nitrogens with one attached hydrogen (secondary N) is 2. The molecule has 156 valence electrons. The van der Waals surface area contributed by atoms with Crippen molar-refractivity contribution in [1.82, 2.24) is 25.3 Å². The Hall–Kier alpha value is -1.10. The third-order valence-electron chi connectivity index (χ3n) is 5.01. The summed E-state index contributed by atoms with van der Waals surface area (Å²) in [6, 6.07) is 0.0616. The van der Waals surface area contributed by atoms with Gasteiger partial charge in [0.1, 0.15) is 0 Å². The van der Waals surface area contributed by atoms with Crippen LogP contribution in [0.3, 0.4) is 0 Å². The highest BCUT2D eigenvalue weighted by Crippen LogP contribution is 2.14. The van der Waals surface area contributed by atoms with Gasteiger partial charge in [0.15, 0.2) is 5.96 Å². The lowest BCUT2D eigenvalue weighted by Gasteiger charge is -2.39. The quantitative estimate of drug-likeness (QED) is 0.327. The standard InChI is InChI=1S/C18H34N6O2.HI/c1-14(2)21-16(25)13-20-18(19-4)24-11-9-22(10-12-24)15(3)17(26)23-7-5-6-8-23;/h14-15H,5-13H2,1-4H3,(H,19,20)(H,21,25);1H. The van der Waals surface area contributed by atoms with E-state index in [2.05, 4.69) is 25.4 Å². The zero-order valence-corrected chi connectivity index (χ0v) is 19.4. The molecule has 0 aliphatic carbocycles. The molecule has 0 aromatic heterocycles. The molecule has 1 atom stereocenters. The summed E-state index contributed by atoms with van der Waals surface area (Å²) in [5, 5.41) is 5.99. The molecule has 2 aliphatic rings. The molecular formula is C18H35IN6O2. The molecule has 2 aliphatic heterocycles. The summed E-state index contributed by atoms with van der Waals surface area (Å²) in [7, 11) is 1.73. The number of aliphatic imine (C=N–C) groups is 1. The molecule has 9 heteroatoms. The fourth-order valence-electron chi connectivity index (χ4n) is 3.54. The van der Waals surface area contributed by atoms with E-state index in [-0.39, 0.29) is 54.4 Å². The maximum absolute atomic E-state index is 12.6. The Morgan fingerprint density at radius 1 is 0.963 bits per heavy atom. The number of likely N-dealkylation sites (tertiary alicyclic amines) is 1. The van der Waals surface area contributed by atoms with Gasteiger partial charge in [0.2, 0.25) is 11.8 Å². The SMILES string of the molecule is CN=C(NCC(=O)NC(C)C)N1CCN(C(C)C(=O)N2CCCC2)CC1.I. The van der Waals surface area contributed by atoms with Crippen LogP contribution >= 0.6 is 24.0 Å². The zero-order valence-electron chi connectivity index (χ0n) is 17.0. The molecule has 2 N–H and O–H groups in total. The number of hydrogen-bond donors (Lipinski definition) is 2.